The second-order valence-corrected chi connectivity index (χ2v) is 7.41. The molecule has 0 radical (unpaired) electrons. The number of urea groups is 1. The Labute approximate surface area is 151 Å². The molecule has 2 aromatic rings. The number of anilines is 1. The van der Waals surface area contributed by atoms with Gasteiger partial charge in [-0.2, -0.15) is 0 Å². The highest BCUT2D eigenvalue weighted by Crippen LogP contribution is 2.27. The molecular weight excluding hydrogens is 336 g/mol. The predicted octanol–water partition coefficient (Wildman–Crippen LogP) is 3.90. The van der Waals surface area contributed by atoms with Crippen LogP contribution >= 0.6 is 11.3 Å². The number of fused-ring (bicyclic) bond motifs is 1. The molecule has 5 nitrogen and oxygen atoms in total. The van der Waals surface area contributed by atoms with Gasteiger partial charge in [0.2, 0.25) is 0 Å². The van der Waals surface area contributed by atoms with Crippen LogP contribution in [0.15, 0.2) is 35.7 Å². The molecule has 6 heteroatoms. The minimum Gasteiger partial charge on any atom is -0.489 e. The van der Waals surface area contributed by atoms with E-state index >= 15 is 0 Å². The number of thiophene rings is 1. The van der Waals surface area contributed by atoms with Crippen molar-refractivity contribution in [1.29, 1.82) is 0 Å². The van der Waals surface area contributed by atoms with E-state index in [2.05, 4.69) is 16.8 Å². The van der Waals surface area contributed by atoms with Crippen LogP contribution in [0, 0.1) is 0 Å². The van der Waals surface area contributed by atoms with Crippen LogP contribution in [0.4, 0.5) is 10.5 Å². The third kappa shape index (κ3) is 3.80. The lowest BCUT2D eigenvalue weighted by Crippen LogP contribution is -2.38. The van der Waals surface area contributed by atoms with Crippen molar-refractivity contribution in [3.63, 3.8) is 0 Å². The first-order valence-electron chi connectivity index (χ1n) is 8.74. The van der Waals surface area contributed by atoms with Crippen LogP contribution < -0.4 is 10.1 Å². The average Bonchev–Trinajstić information content (AvgIpc) is 3.31. The lowest BCUT2D eigenvalue weighted by molar-refractivity contribution is 0.0682. The minimum atomic E-state index is -0.0787. The molecule has 1 fully saturated rings. The van der Waals surface area contributed by atoms with Crippen molar-refractivity contribution in [2.45, 2.75) is 31.9 Å². The smallest absolute Gasteiger partial charge is 0.322 e. The Hall–Kier alpha value is -2.05. The Morgan fingerprint density at radius 3 is 3.16 bits per heavy atom. The number of amides is 2. The Morgan fingerprint density at radius 2 is 2.28 bits per heavy atom. The zero-order valence-corrected chi connectivity index (χ0v) is 14.9. The van der Waals surface area contributed by atoms with E-state index in [4.69, 9.17) is 9.47 Å². The monoisotopic (exact) mass is 358 g/mol. The molecule has 2 amide bonds. The van der Waals surface area contributed by atoms with Crippen LogP contribution in [-0.2, 0) is 17.7 Å². The summed E-state index contributed by atoms with van der Waals surface area (Å²) >= 11 is 1.77. The summed E-state index contributed by atoms with van der Waals surface area (Å²) in [6.45, 7) is 2.75. The van der Waals surface area contributed by atoms with Gasteiger partial charge in [-0.25, -0.2) is 4.79 Å². The maximum absolute atomic E-state index is 12.6. The first kappa shape index (κ1) is 16.4. The molecule has 1 aromatic heterocycles. The van der Waals surface area contributed by atoms with E-state index in [1.165, 1.54) is 10.4 Å². The SMILES string of the molecule is O=C(Nc1ccccc1OC[C@H]1CCCO1)N1CCc2sccc2C1. The van der Waals surface area contributed by atoms with Gasteiger partial charge >= 0.3 is 6.03 Å². The molecule has 1 saturated heterocycles. The summed E-state index contributed by atoms with van der Waals surface area (Å²) in [5.41, 5.74) is 1.97. The standard InChI is InChI=1S/C19H22N2O3S/c22-19(21-9-7-18-14(12-21)8-11-25-18)20-16-5-1-2-6-17(16)24-13-15-4-3-10-23-15/h1-2,5-6,8,11,15H,3-4,7,9-10,12-13H2,(H,20,22)/t15-/m1/s1. The number of nitrogens with zero attached hydrogens (tertiary/aromatic N) is 1. The lowest BCUT2D eigenvalue weighted by Gasteiger charge is -2.27. The largest absolute Gasteiger partial charge is 0.489 e. The van der Waals surface area contributed by atoms with Crippen molar-refractivity contribution in [3.8, 4) is 5.75 Å². The molecule has 132 valence electrons. The second-order valence-electron chi connectivity index (χ2n) is 6.41. The van der Waals surface area contributed by atoms with Gasteiger partial charge in [-0.05, 0) is 48.4 Å². The lowest BCUT2D eigenvalue weighted by atomic mass is 10.1. The molecule has 0 spiro atoms. The summed E-state index contributed by atoms with van der Waals surface area (Å²) in [5.74, 6) is 0.694. The summed E-state index contributed by atoms with van der Waals surface area (Å²) in [6.07, 6.45) is 3.21. The first-order chi connectivity index (χ1) is 12.3. The zero-order valence-electron chi connectivity index (χ0n) is 14.1. The summed E-state index contributed by atoms with van der Waals surface area (Å²) < 4.78 is 11.5. The van der Waals surface area contributed by atoms with Crippen LogP contribution in [0.1, 0.15) is 23.3 Å². The summed E-state index contributed by atoms with van der Waals surface area (Å²) in [7, 11) is 0. The van der Waals surface area contributed by atoms with E-state index < -0.39 is 0 Å². The van der Waals surface area contributed by atoms with Gasteiger partial charge in [0.15, 0.2) is 0 Å². The number of para-hydroxylation sites is 2. The molecule has 3 heterocycles. The van der Waals surface area contributed by atoms with Gasteiger partial charge in [0.25, 0.3) is 0 Å². The molecular formula is C19H22N2O3S. The number of rotatable bonds is 4. The van der Waals surface area contributed by atoms with Crippen molar-refractivity contribution in [1.82, 2.24) is 4.90 Å². The Balaban J connectivity index is 1.39. The van der Waals surface area contributed by atoms with E-state index in [9.17, 15) is 4.79 Å². The van der Waals surface area contributed by atoms with E-state index in [1.54, 1.807) is 11.3 Å². The van der Waals surface area contributed by atoms with Crippen molar-refractivity contribution in [2.75, 3.05) is 25.1 Å². The Bertz CT molecular complexity index is 740. The third-order valence-corrected chi connectivity index (χ3v) is 5.70. The zero-order chi connectivity index (χ0) is 17.1. The molecule has 0 saturated carbocycles. The van der Waals surface area contributed by atoms with Crippen LogP contribution in [0.3, 0.4) is 0 Å². The third-order valence-electron chi connectivity index (χ3n) is 4.67. The number of benzene rings is 1. The van der Waals surface area contributed by atoms with Gasteiger partial charge in [-0.15, -0.1) is 11.3 Å². The molecule has 0 unspecified atom stereocenters. The number of carbonyl (C=O) groups excluding carboxylic acids is 1. The van der Waals surface area contributed by atoms with E-state index in [-0.39, 0.29) is 12.1 Å². The van der Waals surface area contributed by atoms with Gasteiger partial charge in [-0.3, -0.25) is 0 Å². The molecule has 1 atom stereocenters. The molecule has 2 aliphatic rings. The number of hydrogen-bond donors (Lipinski definition) is 1. The highest BCUT2D eigenvalue weighted by molar-refractivity contribution is 7.10. The van der Waals surface area contributed by atoms with Gasteiger partial charge < -0.3 is 19.7 Å². The summed E-state index contributed by atoms with van der Waals surface area (Å²) in [4.78, 5) is 15.9. The van der Waals surface area contributed by atoms with E-state index in [0.29, 0.717) is 24.6 Å². The summed E-state index contributed by atoms with van der Waals surface area (Å²) in [6, 6.07) is 9.62. The number of carbonyl (C=O) groups is 1. The normalized spacial score (nSPS) is 19.5. The fraction of sp³-hybridized carbons (Fsp3) is 0.421. The molecule has 0 aliphatic carbocycles. The van der Waals surface area contributed by atoms with Gasteiger partial charge in [0.1, 0.15) is 12.4 Å². The first-order valence-corrected chi connectivity index (χ1v) is 9.62. The van der Waals surface area contributed by atoms with Gasteiger partial charge in [0.05, 0.1) is 11.8 Å². The molecule has 1 N–H and O–H groups in total. The highest BCUT2D eigenvalue weighted by atomic mass is 32.1. The average molecular weight is 358 g/mol. The topological polar surface area (TPSA) is 50.8 Å². The number of hydrogen-bond acceptors (Lipinski definition) is 4. The molecule has 25 heavy (non-hydrogen) atoms. The van der Waals surface area contributed by atoms with Crippen molar-refractivity contribution in [3.05, 3.63) is 46.2 Å². The van der Waals surface area contributed by atoms with Gasteiger partial charge in [0, 0.05) is 24.6 Å². The molecule has 2 aliphatic heterocycles. The van der Waals surface area contributed by atoms with Crippen molar-refractivity contribution in [2.24, 2.45) is 0 Å². The maximum atomic E-state index is 12.6. The fourth-order valence-corrected chi connectivity index (χ4v) is 4.16. The minimum absolute atomic E-state index is 0.0787. The number of nitrogens with one attached hydrogen (secondary N) is 1. The van der Waals surface area contributed by atoms with E-state index in [0.717, 1.165) is 32.4 Å². The highest BCUT2D eigenvalue weighted by Gasteiger charge is 2.22. The Kier molecular flexibility index (Phi) is 4.90. The molecule has 1 aromatic carbocycles. The maximum Gasteiger partial charge on any atom is 0.322 e. The second kappa shape index (κ2) is 7.45. The van der Waals surface area contributed by atoms with Crippen LogP contribution in [-0.4, -0.2) is 36.8 Å². The fourth-order valence-electron chi connectivity index (χ4n) is 3.27. The molecule has 4 rings (SSSR count). The van der Waals surface area contributed by atoms with Gasteiger partial charge in [-0.1, -0.05) is 12.1 Å². The van der Waals surface area contributed by atoms with Crippen molar-refractivity contribution < 1.29 is 14.3 Å². The van der Waals surface area contributed by atoms with Crippen LogP contribution in [0.2, 0.25) is 0 Å². The molecule has 0 bridgehead atoms. The summed E-state index contributed by atoms with van der Waals surface area (Å²) in [5, 5.41) is 5.10. The van der Waals surface area contributed by atoms with E-state index in [1.807, 2.05) is 29.2 Å². The van der Waals surface area contributed by atoms with Crippen molar-refractivity contribution >= 4 is 23.1 Å². The predicted molar refractivity (Wildman–Crippen MR) is 98.4 cm³/mol. The van der Waals surface area contributed by atoms with Crippen LogP contribution in [0.5, 0.6) is 5.75 Å². The number of ether oxygens (including phenoxy) is 2. The van der Waals surface area contributed by atoms with Crippen LogP contribution in [0.25, 0.3) is 0 Å². The quantitative estimate of drug-likeness (QED) is 0.902. The Morgan fingerprint density at radius 1 is 1.36 bits per heavy atom.